The molecular weight excluding hydrogens is 310 g/mol. The molecule has 1 atom stereocenters. The molecule has 3 nitrogen and oxygen atoms in total. The molecule has 0 aliphatic heterocycles. The smallest absolute Gasteiger partial charge is 0.149 e. The van der Waals surface area contributed by atoms with Gasteiger partial charge in [-0.2, -0.15) is 0 Å². The highest BCUT2D eigenvalue weighted by molar-refractivity contribution is 6.23. The van der Waals surface area contributed by atoms with Gasteiger partial charge in [0.15, 0.2) is 0 Å². The lowest BCUT2D eigenvalue weighted by atomic mass is 9.69. The van der Waals surface area contributed by atoms with Gasteiger partial charge in [-0.1, -0.05) is 51.1 Å². The number of hydrogen-bond donors (Lipinski definition) is 0. The first-order chi connectivity index (χ1) is 11.9. The first kappa shape index (κ1) is 17.5. The molecular formula is C22H25NO2. The Balaban J connectivity index is 2.02. The van der Waals surface area contributed by atoms with Crippen molar-refractivity contribution in [3.8, 4) is 0 Å². The van der Waals surface area contributed by atoms with Crippen LogP contribution in [-0.4, -0.2) is 17.3 Å². The first-order valence-electron chi connectivity index (χ1n) is 9.01. The van der Waals surface area contributed by atoms with E-state index >= 15 is 0 Å². The Kier molecular flexibility index (Phi) is 4.85. The van der Waals surface area contributed by atoms with E-state index in [2.05, 4.69) is 26.0 Å². The summed E-state index contributed by atoms with van der Waals surface area (Å²) in [5, 5.41) is 2.27. The van der Waals surface area contributed by atoms with E-state index < -0.39 is 5.92 Å². The molecule has 0 spiro atoms. The lowest BCUT2D eigenvalue weighted by molar-refractivity contribution is -0.131. The van der Waals surface area contributed by atoms with Gasteiger partial charge in [0.1, 0.15) is 17.5 Å². The van der Waals surface area contributed by atoms with Gasteiger partial charge in [-0.05, 0) is 41.2 Å². The summed E-state index contributed by atoms with van der Waals surface area (Å²) in [5.74, 6) is -0.615. The third-order valence-corrected chi connectivity index (χ3v) is 4.79. The number of carbonyl (C=O) groups is 2. The zero-order valence-corrected chi connectivity index (χ0v) is 15.2. The number of Topliss-reactive ketones (excluding diaryl/α,β-unsaturated/α-hetero) is 2. The van der Waals surface area contributed by atoms with Crippen molar-refractivity contribution in [3.05, 3.63) is 42.5 Å². The number of carbonyl (C=O) groups excluding carboxylic acids is 2. The van der Waals surface area contributed by atoms with E-state index in [4.69, 9.17) is 4.99 Å². The lowest BCUT2D eigenvalue weighted by Gasteiger charge is -2.34. The summed E-state index contributed by atoms with van der Waals surface area (Å²) in [6, 6.07) is 14.1. The van der Waals surface area contributed by atoms with Crippen LogP contribution in [0.5, 0.6) is 0 Å². The molecule has 0 saturated heterocycles. The van der Waals surface area contributed by atoms with Crippen molar-refractivity contribution in [1.82, 2.24) is 0 Å². The number of ketones is 2. The Morgan fingerprint density at radius 2 is 1.84 bits per heavy atom. The summed E-state index contributed by atoms with van der Waals surface area (Å²) in [7, 11) is 0. The molecule has 1 aliphatic carbocycles. The minimum atomic E-state index is -0.653. The van der Waals surface area contributed by atoms with Crippen molar-refractivity contribution in [1.29, 1.82) is 0 Å². The van der Waals surface area contributed by atoms with E-state index in [9.17, 15) is 9.59 Å². The van der Waals surface area contributed by atoms with Crippen molar-refractivity contribution >= 4 is 33.7 Å². The van der Waals surface area contributed by atoms with Crippen molar-refractivity contribution in [2.24, 2.45) is 16.3 Å². The van der Waals surface area contributed by atoms with Crippen LogP contribution < -0.4 is 0 Å². The zero-order valence-electron chi connectivity index (χ0n) is 15.2. The van der Waals surface area contributed by atoms with Gasteiger partial charge >= 0.3 is 0 Å². The van der Waals surface area contributed by atoms with Gasteiger partial charge in [-0.25, -0.2) is 0 Å². The van der Waals surface area contributed by atoms with Crippen molar-refractivity contribution in [2.75, 3.05) is 0 Å². The highest BCUT2D eigenvalue weighted by atomic mass is 16.2. The lowest BCUT2D eigenvalue weighted by Crippen LogP contribution is -2.41. The fraction of sp³-hybridized carbons (Fsp3) is 0.409. The van der Waals surface area contributed by atoms with Gasteiger partial charge in [0.25, 0.3) is 0 Å². The summed E-state index contributed by atoms with van der Waals surface area (Å²) >= 11 is 0. The molecule has 0 N–H and O–H groups in total. The first-order valence-corrected chi connectivity index (χ1v) is 9.01. The topological polar surface area (TPSA) is 46.5 Å². The van der Waals surface area contributed by atoms with Gasteiger partial charge in [0.2, 0.25) is 0 Å². The van der Waals surface area contributed by atoms with Crippen LogP contribution in [-0.2, 0) is 9.59 Å². The monoisotopic (exact) mass is 335 g/mol. The average Bonchev–Trinajstić information content (AvgIpc) is 2.53. The third-order valence-electron chi connectivity index (χ3n) is 4.79. The van der Waals surface area contributed by atoms with Crippen molar-refractivity contribution in [3.63, 3.8) is 0 Å². The van der Waals surface area contributed by atoms with Crippen molar-refractivity contribution in [2.45, 2.75) is 46.5 Å². The van der Waals surface area contributed by atoms with Gasteiger partial charge in [0.05, 0.1) is 5.69 Å². The largest absolute Gasteiger partial charge is 0.298 e. The number of benzene rings is 2. The Labute approximate surface area is 149 Å². The zero-order chi connectivity index (χ0) is 18.0. The van der Waals surface area contributed by atoms with E-state index in [0.717, 1.165) is 28.6 Å². The molecule has 1 aliphatic rings. The van der Waals surface area contributed by atoms with Gasteiger partial charge in [0, 0.05) is 18.6 Å². The maximum absolute atomic E-state index is 12.6. The fourth-order valence-electron chi connectivity index (χ4n) is 3.69. The quantitative estimate of drug-likeness (QED) is 0.713. The van der Waals surface area contributed by atoms with Crippen LogP contribution in [0.25, 0.3) is 10.8 Å². The summed E-state index contributed by atoms with van der Waals surface area (Å²) in [6.45, 7) is 6.11. The molecule has 0 radical (unpaired) electrons. The van der Waals surface area contributed by atoms with Crippen LogP contribution in [0.3, 0.4) is 0 Å². The molecule has 0 heterocycles. The minimum absolute atomic E-state index is 0.0162. The van der Waals surface area contributed by atoms with Crippen LogP contribution in [0.2, 0.25) is 0 Å². The molecule has 0 amide bonds. The van der Waals surface area contributed by atoms with Gasteiger partial charge in [-0.3, -0.25) is 14.6 Å². The van der Waals surface area contributed by atoms with E-state index in [0.29, 0.717) is 19.3 Å². The van der Waals surface area contributed by atoms with E-state index in [1.54, 1.807) is 0 Å². The van der Waals surface area contributed by atoms with E-state index in [1.165, 1.54) is 0 Å². The van der Waals surface area contributed by atoms with Crippen LogP contribution in [0.15, 0.2) is 47.5 Å². The fourth-order valence-corrected chi connectivity index (χ4v) is 3.69. The maximum Gasteiger partial charge on any atom is 0.149 e. The molecule has 130 valence electrons. The predicted octanol–water partition coefficient (Wildman–Crippen LogP) is 5.29. The standard InChI is InChI=1S/C22H25NO2/c1-4-7-19(24)21-18(13-22(2,3)14-20(21)25)23-17-11-10-15-8-5-6-9-16(15)12-17/h5-6,8-12,21H,4,7,13-14H2,1-3H3. The third kappa shape index (κ3) is 3.87. The van der Waals surface area contributed by atoms with E-state index in [-0.39, 0.29) is 17.0 Å². The molecule has 25 heavy (non-hydrogen) atoms. The highest BCUT2D eigenvalue weighted by Crippen LogP contribution is 2.36. The van der Waals surface area contributed by atoms with Crippen LogP contribution in [0.4, 0.5) is 5.69 Å². The van der Waals surface area contributed by atoms with Crippen LogP contribution >= 0.6 is 0 Å². The molecule has 0 bridgehead atoms. The summed E-state index contributed by atoms with van der Waals surface area (Å²) in [6.07, 6.45) is 2.33. The molecule has 1 fully saturated rings. The Morgan fingerprint density at radius 1 is 1.12 bits per heavy atom. The molecule has 0 aromatic heterocycles. The molecule has 1 unspecified atom stereocenters. The number of fused-ring (bicyclic) bond motifs is 1. The molecule has 2 aromatic carbocycles. The minimum Gasteiger partial charge on any atom is -0.298 e. The number of aliphatic imine (C=N–C) groups is 1. The predicted molar refractivity (Wildman–Crippen MR) is 102 cm³/mol. The number of rotatable bonds is 4. The molecule has 3 rings (SSSR count). The summed E-state index contributed by atoms with van der Waals surface area (Å²) in [4.78, 5) is 29.9. The Hall–Kier alpha value is -2.29. The van der Waals surface area contributed by atoms with Crippen molar-refractivity contribution < 1.29 is 9.59 Å². The number of nitrogens with zero attached hydrogens (tertiary/aromatic N) is 1. The highest BCUT2D eigenvalue weighted by Gasteiger charge is 2.41. The van der Waals surface area contributed by atoms with Gasteiger partial charge in [-0.15, -0.1) is 0 Å². The Bertz CT molecular complexity index is 848. The number of hydrogen-bond acceptors (Lipinski definition) is 3. The molecule has 2 aromatic rings. The SMILES string of the molecule is CCCC(=O)C1C(=O)CC(C)(C)CC1=Nc1ccc2ccccc2c1. The van der Waals surface area contributed by atoms with Crippen LogP contribution in [0, 0.1) is 11.3 Å². The summed E-state index contributed by atoms with van der Waals surface area (Å²) in [5.41, 5.74) is 1.40. The Morgan fingerprint density at radius 3 is 2.56 bits per heavy atom. The van der Waals surface area contributed by atoms with Crippen LogP contribution in [0.1, 0.15) is 46.5 Å². The maximum atomic E-state index is 12.6. The summed E-state index contributed by atoms with van der Waals surface area (Å²) < 4.78 is 0. The normalized spacial score (nSPS) is 21.6. The second-order valence-corrected chi connectivity index (χ2v) is 7.77. The van der Waals surface area contributed by atoms with Gasteiger partial charge < -0.3 is 0 Å². The van der Waals surface area contributed by atoms with E-state index in [1.807, 2.05) is 37.3 Å². The molecule has 1 saturated carbocycles. The second kappa shape index (κ2) is 6.91. The average molecular weight is 335 g/mol. The second-order valence-electron chi connectivity index (χ2n) is 7.77. The molecule has 3 heteroatoms.